The standard InChI is InChI=1S/C14H15Br2N3O2/c1-3-20-8-13-18-12(17-2)7-14(19-13)21-11-5-4-9(15)6-10(11)16/h4-7H,3,8H2,1-2H3,(H,17,18,19). The first-order chi connectivity index (χ1) is 10.1. The maximum Gasteiger partial charge on any atom is 0.224 e. The van der Waals surface area contributed by atoms with Crippen molar-refractivity contribution in [3.8, 4) is 11.6 Å². The summed E-state index contributed by atoms with van der Waals surface area (Å²) >= 11 is 6.87. The molecule has 0 aliphatic heterocycles. The van der Waals surface area contributed by atoms with Crippen LogP contribution in [0.25, 0.3) is 0 Å². The summed E-state index contributed by atoms with van der Waals surface area (Å²) in [5, 5.41) is 2.99. The average Bonchev–Trinajstić information content (AvgIpc) is 2.48. The molecule has 112 valence electrons. The molecule has 0 radical (unpaired) electrons. The molecule has 0 spiro atoms. The van der Waals surface area contributed by atoms with Crippen molar-refractivity contribution in [2.75, 3.05) is 19.0 Å². The Labute approximate surface area is 140 Å². The number of benzene rings is 1. The lowest BCUT2D eigenvalue weighted by atomic mass is 10.3. The number of nitrogens with zero attached hydrogens (tertiary/aromatic N) is 2. The molecule has 0 atom stereocenters. The lowest BCUT2D eigenvalue weighted by Gasteiger charge is -2.10. The van der Waals surface area contributed by atoms with Crippen LogP contribution < -0.4 is 10.1 Å². The van der Waals surface area contributed by atoms with Gasteiger partial charge in [0, 0.05) is 24.2 Å². The molecule has 7 heteroatoms. The predicted octanol–water partition coefficient (Wildman–Crippen LogP) is 4.37. The SMILES string of the molecule is CCOCc1nc(NC)cc(Oc2ccc(Br)cc2Br)n1. The topological polar surface area (TPSA) is 56.3 Å². The van der Waals surface area contributed by atoms with Crippen LogP contribution in [0.4, 0.5) is 5.82 Å². The maximum absolute atomic E-state index is 5.81. The second-order valence-corrected chi connectivity index (χ2v) is 5.84. The van der Waals surface area contributed by atoms with Gasteiger partial charge in [0.15, 0.2) is 5.82 Å². The van der Waals surface area contributed by atoms with Crippen molar-refractivity contribution in [1.82, 2.24) is 9.97 Å². The minimum absolute atomic E-state index is 0.351. The molecule has 21 heavy (non-hydrogen) atoms. The van der Waals surface area contributed by atoms with Gasteiger partial charge in [-0.2, -0.15) is 4.98 Å². The van der Waals surface area contributed by atoms with E-state index in [0.29, 0.717) is 36.5 Å². The number of hydrogen-bond donors (Lipinski definition) is 1. The molecule has 0 saturated carbocycles. The first-order valence-corrected chi connectivity index (χ1v) is 7.97. The first kappa shape index (κ1) is 16.2. The molecule has 1 aromatic carbocycles. The zero-order chi connectivity index (χ0) is 15.2. The Hall–Kier alpha value is -1.18. The molecule has 2 rings (SSSR count). The highest BCUT2D eigenvalue weighted by atomic mass is 79.9. The fourth-order valence-electron chi connectivity index (χ4n) is 1.58. The van der Waals surface area contributed by atoms with E-state index in [4.69, 9.17) is 9.47 Å². The Morgan fingerprint density at radius 3 is 2.67 bits per heavy atom. The van der Waals surface area contributed by atoms with E-state index in [9.17, 15) is 0 Å². The molecule has 0 unspecified atom stereocenters. The van der Waals surface area contributed by atoms with Gasteiger partial charge >= 0.3 is 0 Å². The number of aromatic nitrogens is 2. The van der Waals surface area contributed by atoms with E-state index in [1.54, 1.807) is 13.1 Å². The predicted molar refractivity (Wildman–Crippen MR) is 88.8 cm³/mol. The van der Waals surface area contributed by atoms with Gasteiger partial charge < -0.3 is 14.8 Å². The number of hydrogen-bond acceptors (Lipinski definition) is 5. The van der Waals surface area contributed by atoms with Crippen LogP contribution in [-0.2, 0) is 11.3 Å². The number of rotatable bonds is 6. The van der Waals surface area contributed by atoms with Crippen LogP contribution in [0.15, 0.2) is 33.2 Å². The van der Waals surface area contributed by atoms with Crippen LogP contribution in [0, 0.1) is 0 Å². The summed E-state index contributed by atoms with van der Waals surface area (Å²) in [4.78, 5) is 8.67. The highest BCUT2D eigenvalue weighted by Crippen LogP contribution is 2.31. The number of nitrogens with one attached hydrogen (secondary N) is 1. The quantitative estimate of drug-likeness (QED) is 0.757. The molecule has 0 amide bonds. The van der Waals surface area contributed by atoms with Crippen LogP contribution in [0.3, 0.4) is 0 Å². The molecule has 1 aromatic heterocycles. The zero-order valence-electron chi connectivity index (χ0n) is 11.7. The number of ether oxygens (including phenoxy) is 2. The molecule has 0 aliphatic rings. The molecular formula is C14H15Br2N3O2. The van der Waals surface area contributed by atoms with Crippen molar-refractivity contribution < 1.29 is 9.47 Å². The fraction of sp³-hybridized carbons (Fsp3) is 0.286. The van der Waals surface area contributed by atoms with Crippen molar-refractivity contribution in [2.24, 2.45) is 0 Å². The van der Waals surface area contributed by atoms with E-state index in [-0.39, 0.29) is 0 Å². The first-order valence-electron chi connectivity index (χ1n) is 6.38. The van der Waals surface area contributed by atoms with Crippen molar-refractivity contribution in [3.63, 3.8) is 0 Å². The van der Waals surface area contributed by atoms with Crippen molar-refractivity contribution in [1.29, 1.82) is 0 Å². The van der Waals surface area contributed by atoms with Crippen molar-refractivity contribution >= 4 is 37.7 Å². The van der Waals surface area contributed by atoms with Crippen LogP contribution in [0.2, 0.25) is 0 Å². The largest absolute Gasteiger partial charge is 0.438 e. The van der Waals surface area contributed by atoms with Gasteiger partial charge in [0.2, 0.25) is 5.88 Å². The van der Waals surface area contributed by atoms with Gasteiger partial charge in [0.25, 0.3) is 0 Å². The second-order valence-electron chi connectivity index (χ2n) is 4.07. The van der Waals surface area contributed by atoms with Crippen LogP contribution in [0.1, 0.15) is 12.7 Å². The number of halogens is 2. The zero-order valence-corrected chi connectivity index (χ0v) is 14.9. The van der Waals surface area contributed by atoms with E-state index in [2.05, 4.69) is 47.1 Å². The van der Waals surface area contributed by atoms with Crippen molar-refractivity contribution in [3.05, 3.63) is 39.0 Å². The maximum atomic E-state index is 5.81. The van der Waals surface area contributed by atoms with Gasteiger partial charge in [0.1, 0.15) is 18.2 Å². The summed E-state index contributed by atoms with van der Waals surface area (Å²) in [7, 11) is 1.80. The third-order valence-corrected chi connectivity index (χ3v) is 3.66. The summed E-state index contributed by atoms with van der Waals surface area (Å²) in [6, 6.07) is 7.42. The lowest BCUT2D eigenvalue weighted by Crippen LogP contribution is -2.04. The monoisotopic (exact) mass is 415 g/mol. The van der Waals surface area contributed by atoms with Gasteiger partial charge in [-0.05, 0) is 41.1 Å². The Kier molecular flexibility index (Phi) is 5.96. The molecule has 0 saturated heterocycles. The molecule has 0 fully saturated rings. The minimum Gasteiger partial charge on any atom is -0.438 e. The highest BCUT2D eigenvalue weighted by Gasteiger charge is 2.08. The normalized spacial score (nSPS) is 10.5. The minimum atomic E-state index is 0.351. The second kappa shape index (κ2) is 7.72. The smallest absolute Gasteiger partial charge is 0.224 e. The molecule has 0 bridgehead atoms. The van der Waals surface area contributed by atoms with E-state index in [1.165, 1.54) is 0 Å². The highest BCUT2D eigenvalue weighted by molar-refractivity contribution is 9.11. The Morgan fingerprint density at radius 1 is 1.19 bits per heavy atom. The van der Waals surface area contributed by atoms with Crippen molar-refractivity contribution in [2.45, 2.75) is 13.5 Å². The summed E-state index contributed by atoms with van der Waals surface area (Å²) < 4.78 is 13.0. The van der Waals surface area contributed by atoms with Gasteiger partial charge in [0.05, 0.1) is 4.47 Å². The molecule has 2 aromatic rings. The van der Waals surface area contributed by atoms with Gasteiger partial charge in [-0.3, -0.25) is 0 Å². The lowest BCUT2D eigenvalue weighted by molar-refractivity contribution is 0.128. The molecule has 0 aliphatic carbocycles. The average molecular weight is 417 g/mol. The van der Waals surface area contributed by atoms with Crippen LogP contribution in [-0.4, -0.2) is 23.6 Å². The fourth-order valence-corrected chi connectivity index (χ4v) is 2.71. The van der Waals surface area contributed by atoms with E-state index < -0.39 is 0 Å². The third kappa shape index (κ3) is 4.66. The Bertz CT molecular complexity index is 623. The Morgan fingerprint density at radius 2 is 2.00 bits per heavy atom. The molecule has 1 N–H and O–H groups in total. The van der Waals surface area contributed by atoms with Gasteiger partial charge in [-0.15, -0.1) is 0 Å². The third-order valence-electron chi connectivity index (χ3n) is 2.55. The molecular weight excluding hydrogens is 402 g/mol. The summed E-state index contributed by atoms with van der Waals surface area (Å²) in [5.41, 5.74) is 0. The summed E-state index contributed by atoms with van der Waals surface area (Å²) in [5.74, 6) is 2.41. The summed E-state index contributed by atoms with van der Waals surface area (Å²) in [6.45, 7) is 2.89. The summed E-state index contributed by atoms with van der Waals surface area (Å²) in [6.07, 6.45) is 0. The van der Waals surface area contributed by atoms with E-state index in [0.717, 1.165) is 8.95 Å². The Balaban J connectivity index is 2.25. The van der Waals surface area contributed by atoms with E-state index >= 15 is 0 Å². The van der Waals surface area contributed by atoms with Crippen LogP contribution in [0.5, 0.6) is 11.6 Å². The number of anilines is 1. The molecule has 5 nitrogen and oxygen atoms in total. The van der Waals surface area contributed by atoms with Gasteiger partial charge in [-0.1, -0.05) is 15.9 Å². The van der Waals surface area contributed by atoms with Crippen LogP contribution >= 0.6 is 31.9 Å². The van der Waals surface area contributed by atoms with E-state index in [1.807, 2.05) is 25.1 Å². The molecule has 1 heterocycles. The van der Waals surface area contributed by atoms with Gasteiger partial charge in [-0.25, -0.2) is 4.98 Å².